The Morgan fingerprint density at radius 1 is 1.37 bits per heavy atom. The van der Waals surface area contributed by atoms with E-state index in [9.17, 15) is 14.0 Å². The number of hydrogen-bond acceptors (Lipinski definition) is 5. The zero-order valence-corrected chi connectivity index (χ0v) is 15.6. The van der Waals surface area contributed by atoms with Crippen LogP contribution in [-0.2, 0) is 10.3 Å². The topological polar surface area (TPSA) is 79.0 Å². The molecular weight excluding hydrogens is 367 g/mol. The van der Waals surface area contributed by atoms with E-state index in [-0.39, 0.29) is 30.5 Å². The molecule has 0 bridgehead atoms. The first kappa shape index (κ1) is 17.7. The molecule has 2 aromatic rings. The Bertz CT molecular complexity index is 930. The lowest BCUT2D eigenvalue weighted by Crippen LogP contribution is -2.55. The highest BCUT2D eigenvalue weighted by Crippen LogP contribution is 2.46. The van der Waals surface area contributed by atoms with Crippen molar-refractivity contribution in [3.05, 3.63) is 58.0 Å². The standard InChI is InChI=1S/C19H19FN4O2S/c1-2-24-17(26)13-10-23(16(25)12-6-3-4-7-14(12)20)11-19(13,22-18(24)21)15-8-5-9-27-15/h3-9,13H,2,10-11H2,1H3,(H2,21,22). The molecule has 6 nitrogen and oxygen atoms in total. The number of likely N-dealkylation sites (tertiary alicyclic amines) is 1. The van der Waals surface area contributed by atoms with E-state index in [1.165, 1.54) is 39.3 Å². The van der Waals surface area contributed by atoms with Gasteiger partial charge < -0.3 is 10.6 Å². The molecule has 0 saturated carbocycles. The van der Waals surface area contributed by atoms with Gasteiger partial charge in [-0.25, -0.2) is 9.38 Å². The summed E-state index contributed by atoms with van der Waals surface area (Å²) in [5.41, 5.74) is 5.16. The number of rotatable bonds is 3. The number of amides is 2. The van der Waals surface area contributed by atoms with Crippen molar-refractivity contribution in [3.8, 4) is 0 Å². The zero-order valence-electron chi connectivity index (χ0n) is 14.8. The average molecular weight is 386 g/mol. The molecule has 0 spiro atoms. The minimum absolute atomic E-state index is 0.00535. The van der Waals surface area contributed by atoms with Crippen LogP contribution in [0.25, 0.3) is 0 Å². The average Bonchev–Trinajstić information content (AvgIpc) is 3.30. The number of fused-ring (bicyclic) bond motifs is 1. The molecule has 2 atom stereocenters. The largest absolute Gasteiger partial charge is 0.369 e. The summed E-state index contributed by atoms with van der Waals surface area (Å²) < 4.78 is 14.1. The smallest absolute Gasteiger partial charge is 0.256 e. The van der Waals surface area contributed by atoms with Crippen LogP contribution in [0.15, 0.2) is 46.8 Å². The summed E-state index contributed by atoms with van der Waals surface area (Å²) in [7, 11) is 0. The van der Waals surface area contributed by atoms with Gasteiger partial charge in [0, 0.05) is 18.0 Å². The van der Waals surface area contributed by atoms with E-state index in [1.54, 1.807) is 6.07 Å². The quantitative estimate of drug-likeness (QED) is 0.877. The van der Waals surface area contributed by atoms with Crippen LogP contribution < -0.4 is 5.73 Å². The Balaban J connectivity index is 1.77. The predicted molar refractivity (Wildman–Crippen MR) is 101 cm³/mol. The summed E-state index contributed by atoms with van der Waals surface area (Å²) in [5, 5.41) is 1.91. The summed E-state index contributed by atoms with van der Waals surface area (Å²) in [6.45, 7) is 2.61. The highest BCUT2D eigenvalue weighted by atomic mass is 32.1. The van der Waals surface area contributed by atoms with Crippen molar-refractivity contribution in [3.63, 3.8) is 0 Å². The van der Waals surface area contributed by atoms with Gasteiger partial charge in [0.1, 0.15) is 11.4 Å². The molecule has 1 aromatic carbocycles. The van der Waals surface area contributed by atoms with Crippen LogP contribution in [0.2, 0.25) is 0 Å². The number of thiophene rings is 1. The Hall–Kier alpha value is -2.74. The first-order valence-corrected chi connectivity index (χ1v) is 9.60. The molecule has 140 valence electrons. The van der Waals surface area contributed by atoms with Crippen LogP contribution in [0.3, 0.4) is 0 Å². The molecule has 27 heavy (non-hydrogen) atoms. The summed E-state index contributed by atoms with van der Waals surface area (Å²) in [5.74, 6) is -1.55. The zero-order chi connectivity index (χ0) is 19.2. The van der Waals surface area contributed by atoms with E-state index in [2.05, 4.69) is 0 Å². The molecule has 2 unspecified atom stereocenters. The minimum atomic E-state index is -0.915. The second kappa shape index (κ2) is 6.45. The number of nitrogens with two attached hydrogens (primary N) is 1. The molecule has 0 aliphatic carbocycles. The second-order valence-corrected chi connectivity index (χ2v) is 7.62. The molecule has 0 radical (unpaired) electrons. The second-order valence-electron chi connectivity index (χ2n) is 6.67. The van der Waals surface area contributed by atoms with E-state index in [0.29, 0.717) is 6.54 Å². The summed E-state index contributed by atoms with van der Waals surface area (Å²) in [4.78, 5) is 34.5. The molecule has 1 aromatic heterocycles. The van der Waals surface area contributed by atoms with Crippen molar-refractivity contribution in [2.24, 2.45) is 16.6 Å². The molecule has 1 saturated heterocycles. The van der Waals surface area contributed by atoms with Crippen molar-refractivity contribution in [2.75, 3.05) is 19.6 Å². The first-order valence-electron chi connectivity index (χ1n) is 8.72. The molecule has 8 heteroatoms. The maximum absolute atomic E-state index is 14.1. The van der Waals surface area contributed by atoms with Crippen LogP contribution in [0.5, 0.6) is 0 Å². The summed E-state index contributed by atoms with van der Waals surface area (Å²) in [6.07, 6.45) is 0. The highest BCUT2D eigenvalue weighted by Gasteiger charge is 2.57. The van der Waals surface area contributed by atoms with Crippen molar-refractivity contribution >= 4 is 29.1 Å². The van der Waals surface area contributed by atoms with Crippen molar-refractivity contribution in [1.82, 2.24) is 9.80 Å². The van der Waals surface area contributed by atoms with Gasteiger partial charge in [0.25, 0.3) is 5.91 Å². The third-order valence-electron chi connectivity index (χ3n) is 5.22. The number of aliphatic imine (C=N–C) groups is 1. The summed E-state index contributed by atoms with van der Waals surface area (Å²) in [6, 6.07) is 9.65. The molecule has 2 N–H and O–H groups in total. The Morgan fingerprint density at radius 2 is 2.15 bits per heavy atom. The fraction of sp³-hybridized carbons (Fsp3) is 0.316. The fourth-order valence-electron chi connectivity index (χ4n) is 3.91. The van der Waals surface area contributed by atoms with Gasteiger partial charge in [0.15, 0.2) is 5.96 Å². The van der Waals surface area contributed by atoms with Crippen LogP contribution in [-0.4, -0.2) is 47.2 Å². The van der Waals surface area contributed by atoms with E-state index in [0.717, 1.165) is 4.88 Å². The Morgan fingerprint density at radius 3 is 2.81 bits per heavy atom. The number of benzene rings is 1. The highest BCUT2D eigenvalue weighted by molar-refractivity contribution is 7.10. The SMILES string of the molecule is CCN1C(=O)C2CN(C(=O)c3ccccc3F)CC2(c2cccs2)N=C1N. The monoisotopic (exact) mass is 386 g/mol. The van der Waals surface area contributed by atoms with Gasteiger partial charge >= 0.3 is 0 Å². The van der Waals surface area contributed by atoms with Crippen molar-refractivity contribution in [1.29, 1.82) is 0 Å². The van der Waals surface area contributed by atoms with Crippen molar-refractivity contribution in [2.45, 2.75) is 12.5 Å². The number of carbonyl (C=O) groups is 2. The van der Waals surface area contributed by atoms with Gasteiger partial charge in [0.2, 0.25) is 5.91 Å². The first-order chi connectivity index (χ1) is 13.0. The third kappa shape index (κ3) is 2.63. The molecule has 1 fully saturated rings. The number of guanidine groups is 1. The van der Waals surface area contributed by atoms with E-state index < -0.39 is 23.2 Å². The van der Waals surface area contributed by atoms with Gasteiger partial charge in [-0.2, -0.15) is 0 Å². The lowest BCUT2D eigenvalue weighted by molar-refractivity contribution is -0.133. The molecule has 4 rings (SSSR count). The number of hydrogen-bond donors (Lipinski definition) is 1. The maximum Gasteiger partial charge on any atom is 0.256 e. The third-order valence-corrected chi connectivity index (χ3v) is 6.26. The van der Waals surface area contributed by atoms with E-state index in [4.69, 9.17) is 10.7 Å². The minimum Gasteiger partial charge on any atom is -0.369 e. The molecular formula is C19H19FN4O2S. The number of nitrogens with zero attached hydrogens (tertiary/aromatic N) is 3. The van der Waals surface area contributed by atoms with Gasteiger partial charge in [0.05, 0.1) is 18.0 Å². The lowest BCUT2D eigenvalue weighted by atomic mass is 9.83. The lowest BCUT2D eigenvalue weighted by Gasteiger charge is -2.37. The Kier molecular flexibility index (Phi) is 4.22. The number of carbonyl (C=O) groups excluding carboxylic acids is 2. The van der Waals surface area contributed by atoms with E-state index >= 15 is 0 Å². The van der Waals surface area contributed by atoms with E-state index in [1.807, 2.05) is 24.4 Å². The van der Waals surface area contributed by atoms with Crippen LogP contribution in [0.4, 0.5) is 4.39 Å². The van der Waals surface area contributed by atoms with Crippen molar-refractivity contribution < 1.29 is 14.0 Å². The normalized spacial score (nSPS) is 24.7. The summed E-state index contributed by atoms with van der Waals surface area (Å²) >= 11 is 1.48. The van der Waals surface area contributed by atoms with Gasteiger partial charge in [-0.15, -0.1) is 11.3 Å². The predicted octanol–water partition coefficient (Wildman–Crippen LogP) is 2.03. The van der Waals surface area contributed by atoms with Gasteiger partial charge in [-0.1, -0.05) is 18.2 Å². The molecule has 2 amide bonds. The fourth-order valence-corrected chi connectivity index (χ4v) is 4.82. The van der Waals surface area contributed by atoms with Crippen LogP contribution in [0.1, 0.15) is 22.2 Å². The molecule has 2 aliphatic rings. The van der Waals surface area contributed by atoms with Gasteiger partial charge in [-0.05, 0) is 30.5 Å². The van der Waals surface area contributed by atoms with Gasteiger partial charge in [-0.3, -0.25) is 14.5 Å². The number of halogens is 1. The molecule has 2 aliphatic heterocycles. The van der Waals surface area contributed by atoms with Crippen LogP contribution >= 0.6 is 11.3 Å². The Labute approximate surface area is 160 Å². The molecule has 3 heterocycles. The maximum atomic E-state index is 14.1. The van der Waals surface area contributed by atoms with Crippen LogP contribution in [0, 0.1) is 11.7 Å².